The lowest BCUT2D eigenvalue weighted by Gasteiger charge is -2.26. The Kier molecular flexibility index (Phi) is 2.96. The molecule has 102 valence electrons. The molecule has 0 spiro atoms. The summed E-state index contributed by atoms with van der Waals surface area (Å²) in [7, 11) is 0. The monoisotopic (exact) mass is 326 g/mol. The lowest BCUT2D eigenvalue weighted by atomic mass is 9.89. The summed E-state index contributed by atoms with van der Waals surface area (Å²) in [6.07, 6.45) is 2.13. The third-order valence-electron chi connectivity index (χ3n) is 3.90. The van der Waals surface area contributed by atoms with Crippen LogP contribution in [0.4, 0.5) is 0 Å². The van der Waals surface area contributed by atoms with Gasteiger partial charge in [0, 0.05) is 5.56 Å². The highest BCUT2D eigenvalue weighted by molar-refractivity contribution is 9.10. The Labute approximate surface area is 119 Å². The summed E-state index contributed by atoms with van der Waals surface area (Å²) in [5.41, 5.74) is 1.13. The first kappa shape index (κ1) is 12.8. The zero-order valence-electron chi connectivity index (χ0n) is 10.7. The third kappa shape index (κ3) is 1.83. The van der Waals surface area contributed by atoms with Gasteiger partial charge in [0.2, 0.25) is 0 Å². The Morgan fingerprint density at radius 1 is 1.37 bits per heavy atom. The molecule has 0 amide bonds. The average molecular weight is 327 g/mol. The average Bonchev–Trinajstić information content (AvgIpc) is 3.20. The fourth-order valence-corrected chi connectivity index (χ4v) is 3.25. The van der Waals surface area contributed by atoms with Crippen molar-refractivity contribution in [3.8, 4) is 11.5 Å². The van der Waals surface area contributed by atoms with Crippen molar-refractivity contribution >= 4 is 21.9 Å². The number of carboxylic acid groups (broad SMARTS) is 1. The largest absolute Gasteiger partial charge is 0.486 e. The van der Waals surface area contributed by atoms with Crippen LogP contribution in [0.25, 0.3) is 0 Å². The molecular formula is C14H15BrO4. The van der Waals surface area contributed by atoms with Crippen LogP contribution in [0.2, 0.25) is 0 Å². The van der Waals surface area contributed by atoms with E-state index in [0.29, 0.717) is 37.6 Å². The van der Waals surface area contributed by atoms with Crippen molar-refractivity contribution in [2.45, 2.75) is 31.6 Å². The quantitative estimate of drug-likeness (QED) is 0.927. The van der Waals surface area contributed by atoms with Crippen LogP contribution in [0.1, 0.15) is 30.9 Å². The third-order valence-corrected chi connectivity index (χ3v) is 4.49. The van der Waals surface area contributed by atoms with E-state index in [0.717, 1.165) is 22.0 Å². The van der Waals surface area contributed by atoms with Crippen molar-refractivity contribution in [3.05, 3.63) is 21.7 Å². The summed E-state index contributed by atoms with van der Waals surface area (Å²) >= 11 is 3.47. The molecule has 1 aliphatic carbocycles. The Morgan fingerprint density at radius 3 is 2.53 bits per heavy atom. The highest BCUT2D eigenvalue weighted by atomic mass is 79.9. The maximum atomic E-state index is 11.5. The van der Waals surface area contributed by atoms with Gasteiger partial charge in [0.05, 0.1) is 9.89 Å². The van der Waals surface area contributed by atoms with Crippen LogP contribution >= 0.6 is 15.9 Å². The molecule has 0 aromatic heterocycles. The summed E-state index contributed by atoms with van der Waals surface area (Å²) in [6.45, 7) is 3.05. The van der Waals surface area contributed by atoms with Crippen LogP contribution in [-0.4, -0.2) is 24.3 Å². The second-order valence-electron chi connectivity index (χ2n) is 4.98. The minimum absolute atomic E-state index is 0.510. The van der Waals surface area contributed by atoms with E-state index in [-0.39, 0.29) is 0 Å². The first-order chi connectivity index (χ1) is 9.10. The molecule has 1 fully saturated rings. The second kappa shape index (κ2) is 4.40. The number of fused-ring (bicyclic) bond motifs is 1. The summed E-state index contributed by atoms with van der Waals surface area (Å²) in [5.74, 6) is 0.671. The van der Waals surface area contributed by atoms with Gasteiger partial charge in [0.25, 0.3) is 0 Å². The zero-order valence-corrected chi connectivity index (χ0v) is 12.2. The van der Waals surface area contributed by atoms with E-state index in [2.05, 4.69) is 15.9 Å². The molecule has 0 radical (unpaired) electrons. The van der Waals surface area contributed by atoms with Gasteiger partial charge in [-0.05, 0) is 46.8 Å². The molecular weight excluding hydrogens is 312 g/mol. The predicted octanol–water partition coefficient (Wildman–Crippen LogP) is 2.90. The molecule has 0 unspecified atom stereocenters. The molecule has 1 saturated carbocycles. The number of carbonyl (C=O) groups is 1. The van der Waals surface area contributed by atoms with Gasteiger partial charge in [-0.15, -0.1) is 0 Å². The summed E-state index contributed by atoms with van der Waals surface area (Å²) < 4.78 is 12.1. The minimum Gasteiger partial charge on any atom is -0.486 e. The Bertz CT molecular complexity index is 549. The van der Waals surface area contributed by atoms with Crippen molar-refractivity contribution in [3.63, 3.8) is 0 Å². The van der Waals surface area contributed by atoms with Gasteiger partial charge >= 0.3 is 5.97 Å². The van der Waals surface area contributed by atoms with Crippen molar-refractivity contribution in [2.75, 3.05) is 13.2 Å². The van der Waals surface area contributed by atoms with Gasteiger partial charge in [0.15, 0.2) is 11.5 Å². The minimum atomic E-state index is -0.745. The number of benzene rings is 1. The van der Waals surface area contributed by atoms with Gasteiger partial charge < -0.3 is 14.6 Å². The molecule has 1 aliphatic heterocycles. The number of ether oxygens (including phenoxy) is 2. The number of hydrogen-bond donors (Lipinski definition) is 1. The van der Waals surface area contributed by atoms with E-state index in [1.54, 1.807) is 0 Å². The topological polar surface area (TPSA) is 55.8 Å². The van der Waals surface area contributed by atoms with E-state index in [9.17, 15) is 9.90 Å². The van der Waals surface area contributed by atoms with Crippen LogP contribution in [0, 0.1) is 0 Å². The molecule has 1 aromatic carbocycles. The van der Waals surface area contributed by atoms with Gasteiger partial charge in [-0.25, -0.2) is 0 Å². The number of hydrogen-bond acceptors (Lipinski definition) is 3. The van der Waals surface area contributed by atoms with Crippen LogP contribution in [-0.2, 0) is 16.6 Å². The lowest BCUT2D eigenvalue weighted by molar-refractivity contribution is -0.140. The SMILES string of the molecule is CCc1c(C2(C(=O)O)CC2)cc(Br)c2c1OCCO2. The van der Waals surface area contributed by atoms with Crippen LogP contribution in [0.15, 0.2) is 10.5 Å². The first-order valence-electron chi connectivity index (χ1n) is 6.45. The number of aliphatic carboxylic acids is 1. The van der Waals surface area contributed by atoms with Crippen LogP contribution in [0.5, 0.6) is 11.5 Å². The fraction of sp³-hybridized carbons (Fsp3) is 0.500. The molecule has 2 aliphatic rings. The molecule has 4 nitrogen and oxygen atoms in total. The fourth-order valence-electron chi connectivity index (χ4n) is 2.72. The lowest BCUT2D eigenvalue weighted by Crippen LogP contribution is -2.24. The molecule has 1 heterocycles. The molecule has 19 heavy (non-hydrogen) atoms. The normalized spacial score (nSPS) is 19.1. The van der Waals surface area contributed by atoms with Crippen molar-refractivity contribution < 1.29 is 19.4 Å². The maximum Gasteiger partial charge on any atom is 0.314 e. The standard InChI is InChI=1S/C14H15BrO4/c1-2-8-9(14(3-4-14)13(16)17)7-10(15)12-11(8)18-5-6-19-12/h7H,2-6H2,1H3,(H,16,17). The summed E-state index contributed by atoms with van der Waals surface area (Å²) in [4.78, 5) is 11.5. The van der Waals surface area contributed by atoms with Gasteiger partial charge in [-0.3, -0.25) is 4.79 Å². The van der Waals surface area contributed by atoms with Gasteiger partial charge in [-0.2, -0.15) is 0 Å². The molecule has 0 saturated heterocycles. The van der Waals surface area contributed by atoms with Crippen molar-refractivity contribution in [2.24, 2.45) is 0 Å². The maximum absolute atomic E-state index is 11.5. The molecule has 0 bridgehead atoms. The highest BCUT2D eigenvalue weighted by Crippen LogP contribution is 2.54. The summed E-state index contributed by atoms with van der Waals surface area (Å²) in [6, 6.07) is 1.90. The smallest absolute Gasteiger partial charge is 0.314 e. The Balaban J connectivity index is 2.20. The van der Waals surface area contributed by atoms with Crippen LogP contribution in [0.3, 0.4) is 0 Å². The predicted molar refractivity (Wildman–Crippen MR) is 73.1 cm³/mol. The molecule has 0 atom stereocenters. The van der Waals surface area contributed by atoms with E-state index < -0.39 is 11.4 Å². The van der Waals surface area contributed by atoms with E-state index in [4.69, 9.17) is 9.47 Å². The van der Waals surface area contributed by atoms with E-state index in [1.165, 1.54) is 0 Å². The van der Waals surface area contributed by atoms with Crippen molar-refractivity contribution in [1.82, 2.24) is 0 Å². The van der Waals surface area contributed by atoms with E-state index >= 15 is 0 Å². The molecule has 1 N–H and O–H groups in total. The highest BCUT2D eigenvalue weighted by Gasteiger charge is 2.53. The number of halogens is 1. The Hall–Kier alpha value is -1.23. The first-order valence-corrected chi connectivity index (χ1v) is 7.24. The van der Waals surface area contributed by atoms with Crippen LogP contribution < -0.4 is 9.47 Å². The molecule has 5 heteroatoms. The summed E-state index contributed by atoms with van der Waals surface area (Å²) in [5, 5.41) is 9.48. The zero-order chi connectivity index (χ0) is 13.6. The van der Waals surface area contributed by atoms with E-state index in [1.807, 2.05) is 13.0 Å². The number of rotatable bonds is 3. The number of carboxylic acids is 1. The van der Waals surface area contributed by atoms with Gasteiger partial charge in [-0.1, -0.05) is 6.92 Å². The van der Waals surface area contributed by atoms with Crippen molar-refractivity contribution in [1.29, 1.82) is 0 Å². The van der Waals surface area contributed by atoms with Gasteiger partial charge in [0.1, 0.15) is 13.2 Å². The Morgan fingerprint density at radius 2 is 2.00 bits per heavy atom. The molecule has 1 aromatic rings. The second-order valence-corrected chi connectivity index (χ2v) is 5.83. The molecule has 3 rings (SSSR count).